The Labute approximate surface area is 172 Å². The van der Waals surface area contributed by atoms with E-state index in [1.807, 2.05) is 0 Å². The van der Waals surface area contributed by atoms with Crippen LogP contribution in [0, 0.1) is 6.92 Å². The molecule has 2 aromatic carbocycles. The number of aryl methyl sites for hydroxylation is 1. The van der Waals surface area contributed by atoms with Crippen LogP contribution in [0.1, 0.15) is 37.3 Å². The highest BCUT2D eigenvalue weighted by Crippen LogP contribution is 2.28. The molecule has 0 fully saturated rings. The van der Waals surface area contributed by atoms with Gasteiger partial charge in [-0.05, 0) is 54.8 Å². The van der Waals surface area contributed by atoms with Crippen LogP contribution in [0.3, 0.4) is 0 Å². The molecular formula is C21H28N2O5S. The maximum atomic E-state index is 12.6. The molecule has 0 heterocycles. The summed E-state index contributed by atoms with van der Waals surface area (Å²) in [5.41, 5.74) is 1.47. The maximum absolute atomic E-state index is 12.6. The molecule has 0 spiro atoms. The summed E-state index contributed by atoms with van der Waals surface area (Å²) < 4.78 is 41.4. The highest BCUT2D eigenvalue weighted by Gasteiger charge is 2.19. The Balaban J connectivity index is 2.10. The number of methoxy groups -OCH3 is 2. The number of nitrogens with zero attached hydrogens (tertiary/aromatic N) is 1. The van der Waals surface area contributed by atoms with E-state index in [9.17, 15) is 8.42 Å². The minimum atomic E-state index is -3.87. The summed E-state index contributed by atoms with van der Waals surface area (Å²) in [6.45, 7) is 4.56. The lowest BCUT2D eigenvalue weighted by molar-refractivity contribution is 0.286. The predicted octanol–water partition coefficient (Wildman–Crippen LogP) is 3.89. The fraction of sp³-hybridized carbons (Fsp3) is 0.381. The molecule has 2 aromatic rings. The van der Waals surface area contributed by atoms with E-state index >= 15 is 0 Å². The molecule has 0 unspecified atom stereocenters. The van der Waals surface area contributed by atoms with Crippen LogP contribution in [0.15, 0.2) is 46.4 Å². The van der Waals surface area contributed by atoms with Gasteiger partial charge in [0.15, 0.2) is 11.5 Å². The summed E-state index contributed by atoms with van der Waals surface area (Å²) in [5, 5.41) is 3.87. The Hall–Kier alpha value is -2.74. The standard InChI is InChI=1S/C21H28N2O5S/c1-5-6-7-12-28-18-11-9-17(14-20(18)27-4)15-22-23-29(24,25)21-13-16(2)8-10-19(21)26-3/h8-11,13-15,23H,5-7,12H2,1-4H3/b22-15+. The van der Waals surface area contributed by atoms with E-state index in [1.54, 1.807) is 44.4 Å². The average Bonchev–Trinajstić information content (AvgIpc) is 2.71. The molecule has 0 aliphatic heterocycles. The highest BCUT2D eigenvalue weighted by atomic mass is 32.2. The molecule has 0 radical (unpaired) electrons. The van der Waals surface area contributed by atoms with Gasteiger partial charge < -0.3 is 14.2 Å². The van der Waals surface area contributed by atoms with Crippen LogP contribution in [0.2, 0.25) is 0 Å². The number of rotatable bonds is 11. The molecule has 0 amide bonds. The van der Waals surface area contributed by atoms with Crippen molar-refractivity contribution in [3.63, 3.8) is 0 Å². The number of unbranched alkanes of at least 4 members (excludes halogenated alkanes) is 2. The van der Waals surface area contributed by atoms with Gasteiger partial charge in [0.05, 0.1) is 27.0 Å². The van der Waals surface area contributed by atoms with Crippen molar-refractivity contribution in [2.75, 3.05) is 20.8 Å². The van der Waals surface area contributed by atoms with Gasteiger partial charge in [-0.1, -0.05) is 25.8 Å². The van der Waals surface area contributed by atoms with Gasteiger partial charge in [-0.15, -0.1) is 0 Å². The van der Waals surface area contributed by atoms with Gasteiger partial charge in [-0.25, -0.2) is 0 Å². The van der Waals surface area contributed by atoms with Crippen molar-refractivity contribution in [2.45, 2.75) is 38.0 Å². The lowest BCUT2D eigenvalue weighted by Gasteiger charge is -2.11. The molecule has 0 aromatic heterocycles. The first-order valence-electron chi connectivity index (χ1n) is 9.41. The Morgan fingerprint density at radius 1 is 1.00 bits per heavy atom. The summed E-state index contributed by atoms with van der Waals surface area (Å²) in [7, 11) is -0.887. The Bertz CT molecular complexity index is 942. The van der Waals surface area contributed by atoms with Gasteiger partial charge in [-0.2, -0.15) is 18.4 Å². The third-order valence-corrected chi connectivity index (χ3v) is 5.43. The number of hydrogen-bond donors (Lipinski definition) is 1. The molecule has 2 rings (SSSR count). The first kappa shape index (κ1) is 22.5. The second-order valence-electron chi connectivity index (χ2n) is 6.47. The molecule has 7 nitrogen and oxygen atoms in total. The van der Waals surface area contributed by atoms with Crippen LogP contribution < -0.4 is 19.0 Å². The topological polar surface area (TPSA) is 86.2 Å². The lowest BCUT2D eigenvalue weighted by Crippen LogP contribution is -2.19. The summed E-state index contributed by atoms with van der Waals surface area (Å²) in [6.07, 6.45) is 4.62. The highest BCUT2D eigenvalue weighted by molar-refractivity contribution is 7.89. The Morgan fingerprint density at radius 3 is 2.41 bits per heavy atom. The Kier molecular flexibility index (Phi) is 8.33. The molecule has 0 aliphatic carbocycles. The zero-order chi connectivity index (χ0) is 21.3. The van der Waals surface area contributed by atoms with Gasteiger partial charge in [0.25, 0.3) is 10.0 Å². The molecule has 0 atom stereocenters. The number of hydrazone groups is 1. The summed E-state index contributed by atoms with van der Waals surface area (Å²) in [6, 6.07) is 10.2. The van der Waals surface area contributed by atoms with Crippen LogP contribution in [-0.4, -0.2) is 35.5 Å². The van der Waals surface area contributed by atoms with E-state index in [4.69, 9.17) is 14.2 Å². The van der Waals surface area contributed by atoms with E-state index in [1.165, 1.54) is 19.4 Å². The van der Waals surface area contributed by atoms with E-state index < -0.39 is 10.0 Å². The SMILES string of the molecule is CCCCCOc1ccc(/C=N/NS(=O)(=O)c2cc(C)ccc2OC)cc1OC. The van der Waals surface area contributed by atoms with Crippen molar-refractivity contribution < 1.29 is 22.6 Å². The number of ether oxygens (including phenoxy) is 3. The monoisotopic (exact) mass is 420 g/mol. The van der Waals surface area contributed by atoms with E-state index in [-0.39, 0.29) is 10.6 Å². The molecule has 1 N–H and O–H groups in total. The maximum Gasteiger partial charge on any atom is 0.280 e. The lowest BCUT2D eigenvalue weighted by atomic mass is 10.2. The number of hydrogen-bond acceptors (Lipinski definition) is 6. The van der Waals surface area contributed by atoms with Crippen molar-refractivity contribution in [2.24, 2.45) is 5.10 Å². The third-order valence-electron chi connectivity index (χ3n) is 4.19. The van der Waals surface area contributed by atoms with Crippen molar-refractivity contribution in [1.82, 2.24) is 4.83 Å². The van der Waals surface area contributed by atoms with Crippen LogP contribution in [0.5, 0.6) is 17.2 Å². The molecule has 0 saturated carbocycles. The van der Waals surface area contributed by atoms with Crippen molar-refractivity contribution >= 4 is 16.2 Å². The molecule has 29 heavy (non-hydrogen) atoms. The van der Waals surface area contributed by atoms with Crippen molar-refractivity contribution in [3.05, 3.63) is 47.5 Å². The Morgan fingerprint density at radius 2 is 1.72 bits per heavy atom. The quantitative estimate of drug-likeness (QED) is 0.339. The summed E-state index contributed by atoms with van der Waals surface area (Å²) in [4.78, 5) is 2.25. The van der Waals surface area contributed by atoms with Gasteiger partial charge in [0.1, 0.15) is 10.6 Å². The van der Waals surface area contributed by atoms with Crippen LogP contribution in [-0.2, 0) is 10.0 Å². The van der Waals surface area contributed by atoms with Gasteiger partial charge >= 0.3 is 0 Å². The summed E-state index contributed by atoms with van der Waals surface area (Å²) >= 11 is 0. The summed E-state index contributed by atoms with van der Waals surface area (Å²) in [5.74, 6) is 1.46. The average molecular weight is 421 g/mol. The van der Waals surface area contributed by atoms with Gasteiger partial charge in [0, 0.05) is 0 Å². The zero-order valence-corrected chi connectivity index (χ0v) is 18.1. The minimum Gasteiger partial charge on any atom is -0.495 e. The fourth-order valence-corrected chi connectivity index (χ4v) is 3.68. The van der Waals surface area contributed by atoms with Crippen molar-refractivity contribution in [1.29, 1.82) is 0 Å². The molecule has 158 valence electrons. The predicted molar refractivity (Wildman–Crippen MR) is 114 cm³/mol. The molecule has 8 heteroatoms. The van der Waals surface area contributed by atoms with E-state index in [0.717, 1.165) is 24.8 Å². The number of sulfonamides is 1. The minimum absolute atomic E-state index is 0.0329. The second-order valence-corrected chi connectivity index (χ2v) is 8.10. The van der Waals surface area contributed by atoms with Crippen molar-refractivity contribution in [3.8, 4) is 17.2 Å². The molecule has 0 aliphatic rings. The zero-order valence-electron chi connectivity index (χ0n) is 17.3. The molecule has 0 bridgehead atoms. The van der Waals surface area contributed by atoms with Crippen LogP contribution in [0.4, 0.5) is 0 Å². The van der Waals surface area contributed by atoms with E-state index in [2.05, 4.69) is 16.9 Å². The smallest absolute Gasteiger partial charge is 0.280 e. The van der Waals surface area contributed by atoms with Crippen LogP contribution >= 0.6 is 0 Å². The third kappa shape index (κ3) is 6.39. The number of benzene rings is 2. The van der Waals surface area contributed by atoms with Crippen LogP contribution in [0.25, 0.3) is 0 Å². The second kappa shape index (κ2) is 10.7. The molecular weight excluding hydrogens is 392 g/mol. The first-order chi connectivity index (χ1) is 13.9. The van der Waals surface area contributed by atoms with Gasteiger partial charge in [-0.3, -0.25) is 0 Å². The number of nitrogens with one attached hydrogen (secondary N) is 1. The first-order valence-corrected chi connectivity index (χ1v) is 10.9. The molecule has 0 saturated heterocycles. The normalized spacial score (nSPS) is 11.4. The van der Waals surface area contributed by atoms with E-state index in [0.29, 0.717) is 23.7 Å². The fourth-order valence-electron chi connectivity index (χ4n) is 2.63. The van der Waals surface area contributed by atoms with Gasteiger partial charge in [0.2, 0.25) is 0 Å². The largest absolute Gasteiger partial charge is 0.495 e.